The molecule has 0 aliphatic carbocycles. The first-order valence-corrected chi connectivity index (χ1v) is 10.9. The van der Waals surface area contributed by atoms with E-state index in [2.05, 4.69) is 21.2 Å². The lowest BCUT2D eigenvalue weighted by Crippen LogP contribution is -2.29. The molecule has 0 bridgehead atoms. The van der Waals surface area contributed by atoms with Crippen LogP contribution in [0.2, 0.25) is 0 Å². The maximum atomic E-state index is 12.7. The molecule has 8 heteroatoms. The number of halogens is 1. The van der Waals surface area contributed by atoms with Crippen molar-refractivity contribution >= 4 is 67.8 Å². The molecule has 2 aromatic carbocycles. The highest BCUT2D eigenvalue weighted by Gasteiger charge is 2.31. The Kier molecular flexibility index (Phi) is 7.46. The number of thioether (sulfide) groups is 1. The van der Waals surface area contributed by atoms with Crippen molar-refractivity contribution in [2.75, 3.05) is 19.0 Å². The minimum Gasteiger partial charge on any atom is -0.497 e. The van der Waals surface area contributed by atoms with Gasteiger partial charge >= 0.3 is 0 Å². The molecular formula is C21H19BrN2O3S2. The highest BCUT2D eigenvalue weighted by molar-refractivity contribution is 9.10. The van der Waals surface area contributed by atoms with Gasteiger partial charge in [0.25, 0.3) is 5.91 Å². The van der Waals surface area contributed by atoms with Gasteiger partial charge in [-0.15, -0.1) is 0 Å². The molecule has 1 heterocycles. The average Bonchev–Trinajstić information content (AvgIpc) is 2.96. The van der Waals surface area contributed by atoms with Gasteiger partial charge in [0.05, 0.1) is 12.0 Å². The molecule has 1 aliphatic rings. The standard InChI is InChI=1S/C21H19BrN2O3S2/c1-27-17-9-7-16(8-10-17)23-19(25)6-3-11-24-20(26)18(29-21(24)28)13-14-4-2-5-15(22)12-14/h2,4-5,7-10,12-13H,3,6,11H2,1H3,(H,23,25)/b18-13-. The SMILES string of the molecule is COc1ccc(NC(=O)CCCN2C(=O)/C(=C/c3cccc(Br)c3)SC2=S)cc1. The molecule has 0 aromatic heterocycles. The van der Waals surface area contributed by atoms with Crippen LogP contribution in [0.1, 0.15) is 18.4 Å². The summed E-state index contributed by atoms with van der Waals surface area (Å²) in [5, 5.41) is 2.84. The number of ether oxygens (including phenoxy) is 1. The topological polar surface area (TPSA) is 58.6 Å². The minimum atomic E-state index is -0.115. The number of thiocarbonyl (C=S) groups is 1. The van der Waals surface area contributed by atoms with Gasteiger partial charge in [-0.25, -0.2) is 0 Å². The van der Waals surface area contributed by atoms with E-state index in [0.717, 1.165) is 15.8 Å². The number of amides is 2. The van der Waals surface area contributed by atoms with Gasteiger partial charge < -0.3 is 10.1 Å². The van der Waals surface area contributed by atoms with Crippen molar-refractivity contribution in [3.8, 4) is 5.75 Å². The average molecular weight is 491 g/mol. The fourth-order valence-electron chi connectivity index (χ4n) is 2.74. The van der Waals surface area contributed by atoms with E-state index in [0.29, 0.717) is 34.3 Å². The van der Waals surface area contributed by atoms with Crippen molar-refractivity contribution in [1.82, 2.24) is 4.90 Å². The lowest BCUT2D eigenvalue weighted by molar-refractivity contribution is -0.122. The van der Waals surface area contributed by atoms with E-state index in [4.69, 9.17) is 17.0 Å². The summed E-state index contributed by atoms with van der Waals surface area (Å²) >= 11 is 10.1. The zero-order valence-corrected chi connectivity index (χ0v) is 18.9. The van der Waals surface area contributed by atoms with Crippen LogP contribution < -0.4 is 10.1 Å². The van der Waals surface area contributed by atoms with Crippen molar-refractivity contribution in [2.45, 2.75) is 12.8 Å². The summed E-state index contributed by atoms with van der Waals surface area (Å²) < 4.78 is 6.57. The summed E-state index contributed by atoms with van der Waals surface area (Å²) in [6.45, 7) is 0.413. The zero-order chi connectivity index (χ0) is 20.8. The lowest BCUT2D eigenvalue weighted by atomic mass is 10.2. The van der Waals surface area contributed by atoms with Crippen LogP contribution >= 0.6 is 39.9 Å². The second kappa shape index (κ2) is 10.0. The van der Waals surface area contributed by atoms with Gasteiger partial charge in [0.1, 0.15) is 10.1 Å². The molecule has 29 heavy (non-hydrogen) atoms. The first-order valence-electron chi connectivity index (χ1n) is 8.91. The Balaban J connectivity index is 1.51. The molecule has 0 saturated carbocycles. The fraction of sp³-hybridized carbons (Fsp3) is 0.190. The second-order valence-corrected chi connectivity index (χ2v) is 8.86. The van der Waals surface area contributed by atoms with Crippen LogP contribution in [0.3, 0.4) is 0 Å². The highest BCUT2D eigenvalue weighted by Crippen LogP contribution is 2.33. The molecule has 2 amide bonds. The van der Waals surface area contributed by atoms with Crippen LogP contribution in [0, 0.1) is 0 Å². The Morgan fingerprint density at radius 3 is 2.72 bits per heavy atom. The molecular weight excluding hydrogens is 472 g/mol. The van der Waals surface area contributed by atoms with E-state index >= 15 is 0 Å². The Hall–Kier alpha value is -2.16. The number of nitrogens with zero attached hydrogens (tertiary/aromatic N) is 1. The van der Waals surface area contributed by atoms with E-state index in [1.807, 2.05) is 30.3 Å². The normalized spacial score (nSPS) is 15.1. The maximum Gasteiger partial charge on any atom is 0.266 e. The molecule has 1 fully saturated rings. The van der Waals surface area contributed by atoms with Crippen molar-refractivity contribution < 1.29 is 14.3 Å². The van der Waals surface area contributed by atoms with Gasteiger partial charge in [-0.3, -0.25) is 14.5 Å². The molecule has 0 unspecified atom stereocenters. The quantitative estimate of drug-likeness (QED) is 0.433. The Morgan fingerprint density at radius 2 is 2.03 bits per heavy atom. The number of carbonyl (C=O) groups excluding carboxylic acids is 2. The van der Waals surface area contributed by atoms with E-state index in [1.165, 1.54) is 11.8 Å². The van der Waals surface area contributed by atoms with Crippen LogP contribution in [-0.2, 0) is 9.59 Å². The van der Waals surface area contributed by atoms with Crippen LogP contribution in [0.25, 0.3) is 6.08 Å². The summed E-state index contributed by atoms with van der Waals surface area (Å²) in [6, 6.07) is 14.9. The van der Waals surface area contributed by atoms with Crippen LogP contribution in [0.4, 0.5) is 5.69 Å². The van der Waals surface area contributed by atoms with Crippen LogP contribution in [0.15, 0.2) is 57.9 Å². The van der Waals surface area contributed by atoms with Crippen molar-refractivity contribution in [1.29, 1.82) is 0 Å². The fourth-order valence-corrected chi connectivity index (χ4v) is 4.46. The third-order valence-electron chi connectivity index (χ3n) is 4.18. The summed E-state index contributed by atoms with van der Waals surface area (Å²) in [7, 11) is 1.59. The number of anilines is 1. The third kappa shape index (κ3) is 5.91. The van der Waals surface area contributed by atoms with Crippen molar-refractivity contribution in [2.24, 2.45) is 0 Å². The van der Waals surface area contributed by atoms with Crippen LogP contribution in [-0.4, -0.2) is 34.7 Å². The predicted octanol–water partition coefficient (Wildman–Crippen LogP) is 5.08. The van der Waals surface area contributed by atoms with Gasteiger partial charge in [-0.1, -0.05) is 52.0 Å². The number of methoxy groups -OCH3 is 1. The van der Waals surface area contributed by atoms with Crippen molar-refractivity contribution in [3.05, 3.63) is 63.5 Å². The molecule has 3 rings (SSSR count). The monoisotopic (exact) mass is 490 g/mol. The van der Waals surface area contributed by atoms with Gasteiger partial charge in [0.15, 0.2) is 0 Å². The third-order valence-corrected chi connectivity index (χ3v) is 6.05. The zero-order valence-electron chi connectivity index (χ0n) is 15.7. The Bertz CT molecular complexity index is 961. The maximum absolute atomic E-state index is 12.7. The summed E-state index contributed by atoms with van der Waals surface area (Å²) in [4.78, 5) is 27.0. The van der Waals surface area contributed by atoms with E-state index in [9.17, 15) is 9.59 Å². The first kappa shape index (κ1) is 21.5. The predicted molar refractivity (Wildman–Crippen MR) is 125 cm³/mol. The van der Waals surface area contributed by atoms with Crippen molar-refractivity contribution in [3.63, 3.8) is 0 Å². The van der Waals surface area contributed by atoms with Crippen LogP contribution in [0.5, 0.6) is 5.75 Å². The molecule has 5 nitrogen and oxygen atoms in total. The van der Waals surface area contributed by atoms with Gasteiger partial charge in [0.2, 0.25) is 5.91 Å². The highest BCUT2D eigenvalue weighted by atomic mass is 79.9. The molecule has 1 saturated heterocycles. The molecule has 150 valence electrons. The first-order chi connectivity index (χ1) is 14.0. The van der Waals surface area contributed by atoms with Gasteiger partial charge in [0, 0.05) is 23.1 Å². The number of hydrogen-bond donors (Lipinski definition) is 1. The van der Waals surface area contributed by atoms with E-state index in [-0.39, 0.29) is 11.8 Å². The van der Waals surface area contributed by atoms with E-state index in [1.54, 1.807) is 36.3 Å². The molecule has 1 N–H and O–H groups in total. The molecule has 2 aromatic rings. The number of rotatable bonds is 7. The molecule has 1 aliphatic heterocycles. The number of carbonyl (C=O) groups is 2. The summed E-state index contributed by atoms with van der Waals surface area (Å²) in [5.74, 6) is 0.508. The largest absolute Gasteiger partial charge is 0.497 e. The smallest absolute Gasteiger partial charge is 0.266 e. The number of hydrogen-bond acceptors (Lipinski definition) is 5. The second-order valence-electron chi connectivity index (χ2n) is 6.27. The Morgan fingerprint density at radius 1 is 1.28 bits per heavy atom. The van der Waals surface area contributed by atoms with E-state index < -0.39 is 0 Å². The minimum absolute atomic E-state index is 0.106. The number of benzene rings is 2. The molecule has 0 spiro atoms. The van der Waals surface area contributed by atoms with Gasteiger partial charge in [-0.05, 0) is 54.5 Å². The molecule has 0 radical (unpaired) electrons. The number of nitrogens with one attached hydrogen (secondary N) is 1. The van der Waals surface area contributed by atoms with Gasteiger partial charge in [-0.2, -0.15) is 0 Å². The summed E-state index contributed by atoms with van der Waals surface area (Å²) in [5.41, 5.74) is 1.64. The summed E-state index contributed by atoms with van der Waals surface area (Å²) in [6.07, 6.45) is 2.66. The Labute approximate surface area is 187 Å². The molecule has 0 atom stereocenters. The lowest BCUT2D eigenvalue weighted by Gasteiger charge is -2.14.